The van der Waals surface area contributed by atoms with Gasteiger partial charge in [-0.3, -0.25) is 4.79 Å². The summed E-state index contributed by atoms with van der Waals surface area (Å²) in [7, 11) is 0. The molecule has 0 aromatic rings. The zero-order valence-electron chi connectivity index (χ0n) is 6.15. The lowest BCUT2D eigenvalue weighted by Crippen LogP contribution is -2.37. The summed E-state index contributed by atoms with van der Waals surface area (Å²) >= 11 is 0. The average Bonchev–Trinajstić information content (AvgIpc) is 1.86. The predicted molar refractivity (Wildman–Crippen MR) is 40.0 cm³/mol. The quantitative estimate of drug-likeness (QED) is 0.659. The SMILES string of the molecule is Cl.NCCCNC(=O)C(F)(F)F. The minimum absolute atomic E-state index is 0. The van der Waals surface area contributed by atoms with Gasteiger partial charge in [0.15, 0.2) is 0 Å². The molecule has 0 spiro atoms. The van der Waals surface area contributed by atoms with Gasteiger partial charge in [-0.15, -0.1) is 12.4 Å². The average molecular weight is 207 g/mol. The molecular weight excluding hydrogens is 197 g/mol. The molecule has 7 heteroatoms. The number of alkyl halides is 3. The molecule has 0 radical (unpaired) electrons. The number of amides is 1. The molecule has 0 aliphatic carbocycles. The van der Waals surface area contributed by atoms with Crippen molar-refractivity contribution in [2.24, 2.45) is 5.73 Å². The molecule has 0 aliphatic heterocycles. The van der Waals surface area contributed by atoms with Gasteiger partial charge >= 0.3 is 12.1 Å². The molecule has 1 amide bonds. The van der Waals surface area contributed by atoms with Crippen LogP contribution in [0.1, 0.15) is 6.42 Å². The van der Waals surface area contributed by atoms with Crippen molar-refractivity contribution in [3.05, 3.63) is 0 Å². The third-order valence-corrected chi connectivity index (χ3v) is 0.924. The third kappa shape index (κ3) is 6.23. The fourth-order valence-electron chi connectivity index (χ4n) is 0.404. The van der Waals surface area contributed by atoms with Gasteiger partial charge in [0.2, 0.25) is 0 Å². The van der Waals surface area contributed by atoms with Crippen LogP contribution in [0.4, 0.5) is 13.2 Å². The van der Waals surface area contributed by atoms with Crippen LogP contribution in [0.5, 0.6) is 0 Å². The zero-order valence-corrected chi connectivity index (χ0v) is 6.97. The molecule has 0 aromatic carbocycles. The second-order valence-electron chi connectivity index (χ2n) is 1.90. The van der Waals surface area contributed by atoms with Gasteiger partial charge in [0.05, 0.1) is 0 Å². The van der Waals surface area contributed by atoms with E-state index in [-0.39, 0.29) is 25.5 Å². The van der Waals surface area contributed by atoms with Crippen LogP contribution in [-0.4, -0.2) is 25.2 Å². The first kappa shape index (κ1) is 14.1. The van der Waals surface area contributed by atoms with Gasteiger partial charge in [-0.05, 0) is 13.0 Å². The number of nitrogens with one attached hydrogen (secondary N) is 1. The second-order valence-corrected chi connectivity index (χ2v) is 1.90. The molecule has 12 heavy (non-hydrogen) atoms. The fraction of sp³-hybridized carbons (Fsp3) is 0.800. The largest absolute Gasteiger partial charge is 0.471 e. The molecule has 3 N–H and O–H groups in total. The van der Waals surface area contributed by atoms with Gasteiger partial charge in [-0.1, -0.05) is 0 Å². The highest BCUT2D eigenvalue weighted by atomic mass is 35.5. The summed E-state index contributed by atoms with van der Waals surface area (Å²) in [4.78, 5) is 10.1. The Labute approximate surface area is 73.9 Å². The van der Waals surface area contributed by atoms with Crippen molar-refractivity contribution < 1.29 is 18.0 Å². The molecular formula is C5H10ClF3N2O. The van der Waals surface area contributed by atoms with E-state index in [4.69, 9.17) is 5.73 Å². The molecule has 0 aromatic heterocycles. The third-order valence-electron chi connectivity index (χ3n) is 0.924. The Hall–Kier alpha value is -0.490. The molecule has 0 heterocycles. The van der Waals surface area contributed by atoms with Crippen molar-refractivity contribution in [1.82, 2.24) is 5.32 Å². The number of rotatable bonds is 3. The lowest BCUT2D eigenvalue weighted by atomic mass is 10.4. The lowest BCUT2D eigenvalue weighted by molar-refractivity contribution is -0.173. The normalized spacial score (nSPS) is 10.3. The van der Waals surface area contributed by atoms with Crippen molar-refractivity contribution in [1.29, 1.82) is 0 Å². The first-order valence-electron chi connectivity index (χ1n) is 3.03. The maximum Gasteiger partial charge on any atom is 0.471 e. The van der Waals surface area contributed by atoms with E-state index in [0.29, 0.717) is 6.42 Å². The molecule has 0 unspecified atom stereocenters. The van der Waals surface area contributed by atoms with Crippen molar-refractivity contribution in [3.63, 3.8) is 0 Å². The minimum Gasteiger partial charge on any atom is -0.348 e. The summed E-state index contributed by atoms with van der Waals surface area (Å²) in [5.41, 5.74) is 4.99. The summed E-state index contributed by atoms with van der Waals surface area (Å²) in [6, 6.07) is 0. The molecule has 0 aliphatic rings. The standard InChI is InChI=1S/C5H9F3N2O.ClH/c6-5(7,8)4(11)10-3-1-2-9;/h1-3,9H2,(H,10,11);1H. The van der Waals surface area contributed by atoms with E-state index < -0.39 is 12.1 Å². The minimum atomic E-state index is -4.78. The maximum absolute atomic E-state index is 11.4. The molecule has 0 saturated heterocycles. The van der Waals surface area contributed by atoms with E-state index in [1.54, 1.807) is 5.32 Å². The monoisotopic (exact) mass is 206 g/mol. The van der Waals surface area contributed by atoms with Gasteiger partial charge < -0.3 is 11.1 Å². The van der Waals surface area contributed by atoms with E-state index in [1.807, 2.05) is 0 Å². The summed E-state index contributed by atoms with van der Waals surface area (Å²) in [5.74, 6) is -1.91. The van der Waals surface area contributed by atoms with Gasteiger partial charge in [0, 0.05) is 6.54 Å². The number of hydrogen-bond acceptors (Lipinski definition) is 2. The van der Waals surface area contributed by atoms with Crippen LogP contribution in [0.15, 0.2) is 0 Å². The molecule has 0 bridgehead atoms. The van der Waals surface area contributed by atoms with Gasteiger partial charge in [0.25, 0.3) is 0 Å². The van der Waals surface area contributed by atoms with Crippen molar-refractivity contribution >= 4 is 18.3 Å². The van der Waals surface area contributed by atoms with Gasteiger partial charge in [-0.25, -0.2) is 0 Å². The highest BCUT2D eigenvalue weighted by Crippen LogP contribution is 2.13. The Morgan fingerprint density at radius 1 is 1.42 bits per heavy atom. The zero-order chi connectivity index (χ0) is 8.91. The summed E-state index contributed by atoms with van der Waals surface area (Å²) in [6.07, 6.45) is -4.43. The lowest BCUT2D eigenvalue weighted by Gasteiger charge is -2.06. The predicted octanol–water partition coefficient (Wildman–Crippen LogP) is 0.435. The highest BCUT2D eigenvalue weighted by molar-refractivity contribution is 5.85. The van der Waals surface area contributed by atoms with E-state index in [0.717, 1.165) is 0 Å². The van der Waals surface area contributed by atoms with E-state index >= 15 is 0 Å². The Balaban J connectivity index is 0. The summed E-state index contributed by atoms with van der Waals surface area (Å²) in [5, 5.41) is 1.68. The highest BCUT2D eigenvalue weighted by Gasteiger charge is 2.37. The summed E-state index contributed by atoms with van der Waals surface area (Å²) < 4.78 is 34.3. The molecule has 0 saturated carbocycles. The number of halogens is 4. The summed E-state index contributed by atoms with van der Waals surface area (Å²) in [6.45, 7) is 0.229. The van der Waals surface area contributed by atoms with Crippen LogP contribution in [0.2, 0.25) is 0 Å². The number of hydrogen-bond donors (Lipinski definition) is 2. The van der Waals surface area contributed by atoms with E-state index in [9.17, 15) is 18.0 Å². The Kier molecular flexibility index (Phi) is 7.12. The number of carbonyl (C=O) groups excluding carboxylic acids is 1. The van der Waals surface area contributed by atoms with Crippen LogP contribution in [0.3, 0.4) is 0 Å². The van der Waals surface area contributed by atoms with Crippen LogP contribution in [0.25, 0.3) is 0 Å². The molecule has 74 valence electrons. The Bertz CT molecular complexity index is 139. The van der Waals surface area contributed by atoms with E-state index in [1.165, 1.54) is 0 Å². The van der Waals surface area contributed by atoms with Crippen LogP contribution in [-0.2, 0) is 4.79 Å². The first-order valence-corrected chi connectivity index (χ1v) is 3.03. The molecule has 0 fully saturated rings. The topological polar surface area (TPSA) is 55.1 Å². The van der Waals surface area contributed by atoms with Crippen LogP contribution >= 0.6 is 12.4 Å². The van der Waals surface area contributed by atoms with Crippen molar-refractivity contribution in [2.75, 3.05) is 13.1 Å². The van der Waals surface area contributed by atoms with Gasteiger partial charge in [0.1, 0.15) is 0 Å². The number of carbonyl (C=O) groups is 1. The Morgan fingerprint density at radius 3 is 2.25 bits per heavy atom. The fourth-order valence-corrected chi connectivity index (χ4v) is 0.404. The van der Waals surface area contributed by atoms with E-state index in [2.05, 4.69) is 0 Å². The molecule has 0 atom stereocenters. The smallest absolute Gasteiger partial charge is 0.348 e. The van der Waals surface area contributed by atoms with Crippen molar-refractivity contribution in [3.8, 4) is 0 Å². The molecule has 0 rings (SSSR count). The van der Waals surface area contributed by atoms with Crippen molar-refractivity contribution in [2.45, 2.75) is 12.6 Å². The Morgan fingerprint density at radius 2 is 1.92 bits per heavy atom. The maximum atomic E-state index is 11.4. The second kappa shape index (κ2) is 6.07. The van der Waals surface area contributed by atoms with Crippen LogP contribution in [0, 0.1) is 0 Å². The van der Waals surface area contributed by atoms with Crippen LogP contribution < -0.4 is 11.1 Å². The first-order chi connectivity index (χ1) is 4.98. The van der Waals surface area contributed by atoms with Gasteiger partial charge in [-0.2, -0.15) is 13.2 Å². The molecule has 3 nitrogen and oxygen atoms in total. The number of nitrogens with two attached hydrogens (primary N) is 1.